The minimum absolute atomic E-state index is 0.0641. The van der Waals surface area contributed by atoms with Crippen LogP contribution in [0.2, 0.25) is 0 Å². The molecule has 0 aromatic heterocycles. The maximum Gasteiger partial charge on any atom is 0.194 e. The topological polar surface area (TPSA) is 54.4 Å². The molecule has 1 aliphatic carbocycles. The highest BCUT2D eigenvalue weighted by atomic mass is 16.3. The summed E-state index contributed by atoms with van der Waals surface area (Å²) < 4.78 is 0. The van der Waals surface area contributed by atoms with E-state index in [1.54, 1.807) is 61.5 Å². The van der Waals surface area contributed by atoms with Gasteiger partial charge in [0.25, 0.3) is 0 Å². The first-order chi connectivity index (χ1) is 12.8. The summed E-state index contributed by atoms with van der Waals surface area (Å²) in [6.45, 7) is 9.45. The number of aliphatic hydroxyl groups is 1. The van der Waals surface area contributed by atoms with Crippen LogP contribution in [0.3, 0.4) is 0 Å². The van der Waals surface area contributed by atoms with E-state index in [0.717, 1.165) is 12.8 Å². The van der Waals surface area contributed by atoms with Crippen molar-refractivity contribution in [3.63, 3.8) is 0 Å². The monoisotopic (exact) mass is 362 g/mol. The fourth-order valence-corrected chi connectivity index (χ4v) is 2.80. The summed E-state index contributed by atoms with van der Waals surface area (Å²) in [5.41, 5.74) is 2.62. The van der Waals surface area contributed by atoms with Crippen LogP contribution in [-0.2, 0) is 0 Å². The Labute approximate surface area is 161 Å². The Bertz CT molecular complexity index is 779. The van der Waals surface area contributed by atoms with Crippen LogP contribution in [0.5, 0.6) is 0 Å². The van der Waals surface area contributed by atoms with Gasteiger partial charge >= 0.3 is 0 Å². The van der Waals surface area contributed by atoms with E-state index in [-0.39, 0.29) is 11.6 Å². The Kier molecular flexibility index (Phi) is 6.65. The molecule has 1 atom stereocenters. The maximum absolute atomic E-state index is 12.1. The van der Waals surface area contributed by atoms with Gasteiger partial charge in [-0.05, 0) is 33.6 Å². The standard InChI is InChI=1S/C14H8O2.C10H18O/c15-13-9-5-1-2-6-10(9)14(16)12-8-4-3-7-11(12)13;1-5-10(4,11)8-6-7-9(2)3/h1-8H;5,7,11H,1,6,8H2,2-4H3. The van der Waals surface area contributed by atoms with Crippen LogP contribution in [0.4, 0.5) is 0 Å². The second-order valence-electron chi connectivity index (χ2n) is 7.13. The van der Waals surface area contributed by atoms with Crippen LogP contribution >= 0.6 is 0 Å². The van der Waals surface area contributed by atoms with Crippen LogP contribution in [0, 0.1) is 0 Å². The second kappa shape index (κ2) is 8.74. The largest absolute Gasteiger partial charge is 0.386 e. The van der Waals surface area contributed by atoms with E-state index in [4.69, 9.17) is 0 Å². The van der Waals surface area contributed by atoms with Gasteiger partial charge in [0, 0.05) is 22.3 Å². The van der Waals surface area contributed by atoms with Gasteiger partial charge in [0.2, 0.25) is 0 Å². The molecule has 0 aliphatic heterocycles. The first-order valence-electron chi connectivity index (χ1n) is 9.03. The lowest BCUT2D eigenvalue weighted by atomic mass is 9.84. The predicted octanol–water partition coefficient (Wildman–Crippen LogP) is 5.13. The summed E-state index contributed by atoms with van der Waals surface area (Å²) in [5.74, 6) is -0.128. The van der Waals surface area contributed by atoms with Gasteiger partial charge in [0.15, 0.2) is 11.6 Å². The second-order valence-corrected chi connectivity index (χ2v) is 7.13. The summed E-state index contributed by atoms with van der Waals surface area (Å²) in [7, 11) is 0. The molecule has 2 aromatic rings. The van der Waals surface area contributed by atoms with Crippen molar-refractivity contribution in [2.24, 2.45) is 0 Å². The minimum atomic E-state index is -0.702. The van der Waals surface area contributed by atoms with Crippen molar-refractivity contribution in [1.82, 2.24) is 0 Å². The number of ketones is 2. The zero-order valence-electron chi connectivity index (χ0n) is 16.2. The van der Waals surface area contributed by atoms with Gasteiger partial charge in [-0.2, -0.15) is 0 Å². The lowest BCUT2D eigenvalue weighted by Gasteiger charge is -2.16. The molecular weight excluding hydrogens is 336 g/mol. The van der Waals surface area contributed by atoms with E-state index in [0.29, 0.717) is 22.3 Å². The third-order valence-corrected chi connectivity index (χ3v) is 4.48. The van der Waals surface area contributed by atoms with E-state index < -0.39 is 5.60 Å². The van der Waals surface area contributed by atoms with Crippen LogP contribution < -0.4 is 0 Å². The van der Waals surface area contributed by atoms with Crippen LogP contribution in [-0.4, -0.2) is 22.3 Å². The lowest BCUT2D eigenvalue weighted by Crippen LogP contribution is -2.20. The summed E-state index contributed by atoms with van der Waals surface area (Å²) in [5, 5.41) is 9.49. The van der Waals surface area contributed by atoms with Gasteiger partial charge in [-0.1, -0.05) is 66.3 Å². The summed E-state index contributed by atoms with van der Waals surface area (Å²) in [4.78, 5) is 24.2. The molecule has 0 fully saturated rings. The van der Waals surface area contributed by atoms with Gasteiger partial charge in [-0.25, -0.2) is 0 Å². The summed E-state index contributed by atoms with van der Waals surface area (Å²) in [6, 6.07) is 13.9. The molecule has 27 heavy (non-hydrogen) atoms. The Morgan fingerprint density at radius 3 is 1.59 bits per heavy atom. The molecule has 1 unspecified atom stereocenters. The normalized spacial score (nSPS) is 14.1. The minimum Gasteiger partial charge on any atom is -0.386 e. The summed E-state index contributed by atoms with van der Waals surface area (Å²) >= 11 is 0. The third kappa shape index (κ3) is 5.11. The third-order valence-electron chi connectivity index (χ3n) is 4.48. The lowest BCUT2D eigenvalue weighted by molar-refractivity contribution is 0.0979. The number of allylic oxidation sites excluding steroid dienone is 2. The van der Waals surface area contributed by atoms with Crippen LogP contribution in [0.1, 0.15) is 65.5 Å². The molecule has 1 N–H and O–H groups in total. The van der Waals surface area contributed by atoms with Crippen molar-refractivity contribution in [3.8, 4) is 0 Å². The number of carbonyl (C=O) groups excluding carboxylic acids is 2. The van der Waals surface area contributed by atoms with Crippen molar-refractivity contribution in [3.05, 3.63) is 95.1 Å². The Morgan fingerprint density at radius 2 is 1.30 bits per heavy atom. The van der Waals surface area contributed by atoms with E-state index in [1.807, 2.05) is 0 Å². The van der Waals surface area contributed by atoms with Gasteiger partial charge in [-0.15, -0.1) is 6.58 Å². The SMILES string of the molecule is C=CC(C)(O)CCC=C(C)C.O=C1c2ccccc2C(=O)c2ccccc21. The van der Waals surface area contributed by atoms with Crippen LogP contribution in [0.25, 0.3) is 0 Å². The zero-order valence-corrected chi connectivity index (χ0v) is 16.2. The fraction of sp³-hybridized carbons (Fsp3) is 0.250. The quantitative estimate of drug-likeness (QED) is 0.655. The Hall–Kier alpha value is -2.78. The highest BCUT2D eigenvalue weighted by Gasteiger charge is 2.28. The molecule has 140 valence electrons. The molecule has 0 saturated carbocycles. The first kappa shape index (κ1) is 20.5. The van der Waals surface area contributed by atoms with Crippen molar-refractivity contribution >= 4 is 11.6 Å². The van der Waals surface area contributed by atoms with Gasteiger partial charge in [0.1, 0.15) is 0 Å². The molecule has 1 aliphatic rings. The molecule has 3 nitrogen and oxygen atoms in total. The van der Waals surface area contributed by atoms with Gasteiger partial charge < -0.3 is 5.11 Å². The number of rotatable bonds is 4. The molecular formula is C24H26O3. The van der Waals surface area contributed by atoms with Gasteiger partial charge in [-0.3, -0.25) is 9.59 Å². The zero-order chi connectivity index (χ0) is 20.0. The number of fused-ring (bicyclic) bond motifs is 2. The number of carbonyl (C=O) groups is 2. The Morgan fingerprint density at radius 1 is 0.926 bits per heavy atom. The molecule has 0 amide bonds. The molecule has 0 saturated heterocycles. The average Bonchev–Trinajstić information content (AvgIpc) is 2.66. The van der Waals surface area contributed by atoms with E-state index >= 15 is 0 Å². The molecule has 0 radical (unpaired) electrons. The molecule has 2 aromatic carbocycles. The van der Waals surface area contributed by atoms with Crippen molar-refractivity contribution in [1.29, 1.82) is 0 Å². The van der Waals surface area contributed by atoms with Crippen molar-refractivity contribution in [2.45, 2.75) is 39.2 Å². The maximum atomic E-state index is 12.1. The highest BCUT2D eigenvalue weighted by molar-refractivity contribution is 6.28. The number of hydrogen-bond acceptors (Lipinski definition) is 3. The molecule has 3 heteroatoms. The fourth-order valence-electron chi connectivity index (χ4n) is 2.80. The van der Waals surface area contributed by atoms with Crippen molar-refractivity contribution < 1.29 is 14.7 Å². The van der Waals surface area contributed by atoms with E-state index in [2.05, 4.69) is 26.5 Å². The predicted molar refractivity (Wildman–Crippen MR) is 109 cm³/mol. The molecule has 0 bridgehead atoms. The molecule has 0 spiro atoms. The average molecular weight is 362 g/mol. The number of hydrogen-bond donors (Lipinski definition) is 1. The van der Waals surface area contributed by atoms with E-state index in [9.17, 15) is 14.7 Å². The van der Waals surface area contributed by atoms with Crippen LogP contribution in [0.15, 0.2) is 72.8 Å². The smallest absolute Gasteiger partial charge is 0.194 e. The Balaban J connectivity index is 0.000000211. The van der Waals surface area contributed by atoms with Crippen molar-refractivity contribution in [2.75, 3.05) is 0 Å². The molecule has 0 heterocycles. The van der Waals surface area contributed by atoms with E-state index in [1.165, 1.54) is 5.57 Å². The molecule has 3 rings (SSSR count). The summed E-state index contributed by atoms with van der Waals surface area (Å²) in [6.07, 6.45) is 5.38. The van der Waals surface area contributed by atoms with Gasteiger partial charge in [0.05, 0.1) is 5.60 Å². The number of benzene rings is 2. The first-order valence-corrected chi connectivity index (χ1v) is 9.03. The highest BCUT2D eigenvalue weighted by Crippen LogP contribution is 2.26.